The van der Waals surface area contributed by atoms with Crippen LogP contribution >= 0.6 is 11.6 Å². The van der Waals surface area contributed by atoms with Gasteiger partial charge in [0.2, 0.25) is 0 Å². The Morgan fingerprint density at radius 3 is 1.46 bits per heavy atom. The van der Waals surface area contributed by atoms with E-state index in [-0.39, 0.29) is 0 Å². The van der Waals surface area contributed by atoms with E-state index in [1.165, 1.54) is 70.9 Å². The van der Waals surface area contributed by atoms with Crippen molar-refractivity contribution in [3.8, 4) is 33.4 Å². The first-order valence-electron chi connectivity index (χ1n) is 14.0. The largest absolute Gasteiger partial charge is 0.0843 e. The first kappa shape index (κ1) is 23.9. The minimum absolute atomic E-state index is 0.743. The molecule has 0 fully saturated rings. The first-order valence-corrected chi connectivity index (χ1v) is 14.3. The van der Waals surface area contributed by atoms with Crippen LogP contribution in [-0.4, -0.2) is 0 Å². The maximum absolute atomic E-state index is 6.26. The van der Waals surface area contributed by atoms with Crippen molar-refractivity contribution in [2.45, 2.75) is 0 Å². The van der Waals surface area contributed by atoms with Crippen LogP contribution in [0.4, 0.5) is 0 Å². The quantitative estimate of drug-likeness (QED) is 0.195. The number of fused-ring (bicyclic) bond motifs is 7. The fourth-order valence-electron chi connectivity index (χ4n) is 6.32. The second-order valence-electron chi connectivity index (χ2n) is 10.7. The predicted octanol–water partition coefficient (Wildman–Crippen LogP) is 12.0. The second-order valence-corrected chi connectivity index (χ2v) is 11.1. The molecule has 0 saturated heterocycles. The summed E-state index contributed by atoms with van der Waals surface area (Å²) in [5.74, 6) is 0. The predicted molar refractivity (Wildman–Crippen MR) is 178 cm³/mol. The Morgan fingerprint density at radius 1 is 0.293 bits per heavy atom. The van der Waals surface area contributed by atoms with Gasteiger partial charge in [0, 0.05) is 5.02 Å². The van der Waals surface area contributed by atoms with E-state index in [0.717, 1.165) is 10.6 Å². The van der Waals surface area contributed by atoms with Gasteiger partial charge in [-0.15, -0.1) is 0 Å². The van der Waals surface area contributed by atoms with E-state index < -0.39 is 0 Å². The Morgan fingerprint density at radius 2 is 0.780 bits per heavy atom. The molecule has 0 atom stereocenters. The van der Waals surface area contributed by atoms with E-state index in [4.69, 9.17) is 11.6 Å². The van der Waals surface area contributed by atoms with Crippen LogP contribution in [0, 0.1) is 0 Å². The van der Waals surface area contributed by atoms with Crippen molar-refractivity contribution >= 4 is 54.7 Å². The molecule has 1 heteroatoms. The van der Waals surface area contributed by atoms with Gasteiger partial charge >= 0.3 is 0 Å². The maximum atomic E-state index is 6.26. The Balaban J connectivity index is 1.41. The highest BCUT2D eigenvalue weighted by Gasteiger charge is 2.13. The van der Waals surface area contributed by atoms with Crippen LogP contribution in [0.25, 0.3) is 76.5 Å². The molecule has 192 valence electrons. The molecule has 0 bridgehead atoms. The summed E-state index contributed by atoms with van der Waals surface area (Å²) >= 11 is 6.26. The summed E-state index contributed by atoms with van der Waals surface area (Å²) in [4.78, 5) is 0. The van der Waals surface area contributed by atoms with Gasteiger partial charge < -0.3 is 0 Å². The van der Waals surface area contributed by atoms with Gasteiger partial charge in [0.05, 0.1) is 0 Å². The molecule has 0 unspecified atom stereocenters. The molecule has 0 aromatic heterocycles. The second kappa shape index (κ2) is 9.63. The molecule has 0 radical (unpaired) electrons. The molecule has 0 aliphatic carbocycles. The zero-order valence-electron chi connectivity index (χ0n) is 22.3. The van der Waals surface area contributed by atoms with Gasteiger partial charge in [-0.3, -0.25) is 0 Å². The van der Waals surface area contributed by atoms with E-state index >= 15 is 0 Å². The molecule has 0 spiro atoms. The van der Waals surface area contributed by atoms with Crippen LogP contribution in [0.5, 0.6) is 0 Å². The minimum atomic E-state index is 0.743. The Kier molecular flexibility index (Phi) is 5.62. The summed E-state index contributed by atoms with van der Waals surface area (Å²) in [6.45, 7) is 0. The zero-order valence-corrected chi connectivity index (χ0v) is 23.1. The lowest BCUT2D eigenvalue weighted by Crippen LogP contribution is -1.88. The van der Waals surface area contributed by atoms with Crippen molar-refractivity contribution in [3.63, 3.8) is 0 Å². The Hall–Kier alpha value is -4.91. The summed E-state index contributed by atoms with van der Waals surface area (Å²) in [5, 5.41) is 11.0. The third-order valence-corrected chi connectivity index (χ3v) is 8.54. The van der Waals surface area contributed by atoms with Crippen LogP contribution < -0.4 is 0 Å². The van der Waals surface area contributed by atoms with Crippen LogP contribution in [0.15, 0.2) is 152 Å². The van der Waals surface area contributed by atoms with Crippen molar-refractivity contribution in [3.05, 3.63) is 157 Å². The lowest BCUT2D eigenvalue weighted by molar-refractivity contribution is 1.59. The van der Waals surface area contributed by atoms with Crippen molar-refractivity contribution in [1.29, 1.82) is 0 Å². The number of halogens is 1. The molecule has 8 aromatic carbocycles. The zero-order chi connectivity index (χ0) is 27.3. The minimum Gasteiger partial charge on any atom is -0.0843 e. The van der Waals surface area contributed by atoms with Gasteiger partial charge in [0.15, 0.2) is 0 Å². The standard InChI is InChI=1S/C40H25Cl/c41-32-19-16-26(17-20-32)29-22-30(24-31(23-29)34-15-7-9-27-8-1-2-10-33(27)34)28-18-21-39-37-13-4-3-11-35(37)36-12-5-6-14-38(36)40(39)25-28/h1-25H. The first-order chi connectivity index (χ1) is 20.2. The van der Waals surface area contributed by atoms with Crippen LogP contribution in [0.2, 0.25) is 5.02 Å². The molecular formula is C40H25Cl. The fraction of sp³-hybridized carbons (Fsp3) is 0. The summed E-state index contributed by atoms with van der Waals surface area (Å²) in [7, 11) is 0. The van der Waals surface area contributed by atoms with Gasteiger partial charge in [0.1, 0.15) is 0 Å². The molecule has 0 aliphatic heterocycles. The highest BCUT2D eigenvalue weighted by atomic mass is 35.5. The fourth-order valence-corrected chi connectivity index (χ4v) is 6.45. The summed E-state index contributed by atoms with van der Waals surface area (Å²) in [5.41, 5.74) is 7.15. The molecule has 8 aromatic rings. The molecule has 0 nitrogen and oxygen atoms in total. The maximum Gasteiger partial charge on any atom is 0.0406 e. The monoisotopic (exact) mass is 540 g/mol. The summed E-state index contributed by atoms with van der Waals surface area (Å²) in [6.07, 6.45) is 0. The molecule has 0 amide bonds. The average Bonchev–Trinajstić information content (AvgIpc) is 3.04. The molecular weight excluding hydrogens is 516 g/mol. The number of rotatable bonds is 3. The van der Waals surface area contributed by atoms with E-state index in [1.54, 1.807) is 0 Å². The van der Waals surface area contributed by atoms with Gasteiger partial charge in [0.25, 0.3) is 0 Å². The third-order valence-electron chi connectivity index (χ3n) is 8.29. The number of hydrogen-bond donors (Lipinski definition) is 0. The Bertz CT molecular complexity index is 2220. The molecule has 0 heterocycles. The van der Waals surface area contributed by atoms with Crippen LogP contribution in [-0.2, 0) is 0 Å². The molecule has 41 heavy (non-hydrogen) atoms. The van der Waals surface area contributed by atoms with Crippen molar-refractivity contribution in [2.75, 3.05) is 0 Å². The highest BCUT2D eigenvalue weighted by Crippen LogP contribution is 2.40. The van der Waals surface area contributed by atoms with Crippen molar-refractivity contribution in [2.24, 2.45) is 0 Å². The summed E-state index contributed by atoms with van der Waals surface area (Å²) < 4.78 is 0. The van der Waals surface area contributed by atoms with Crippen molar-refractivity contribution < 1.29 is 0 Å². The number of hydrogen-bond acceptors (Lipinski definition) is 0. The normalized spacial score (nSPS) is 11.5. The smallest absolute Gasteiger partial charge is 0.0406 e. The van der Waals surface area contributed by atoms with Gasteiger partial charge in [-0.25, -0.2) is 0 Å². The summed E-state index contributed by atoms with van der Waals surface area (Å²) in [6, 6.07) is 54.7. The molecule has 8 rings (SSSR count). The highest BCUT2D eigenvalue weighted by molar-refractivity contribution is 6.30. The van der Waals surface area contributed by atoms with Crippen LogP contribution in [0.1, 0.15) is 0 Å². The van der Waals surface area contributed by atoms with E-state index in [0.29, 0.717) is 0 Å². The molecule has 0 aliphatic rings. The van der Waals surface area contributed by atoms with E-state index in [2.05, 4.69) is 140 Å². The third kappa shape index (κ3) is 4.08. The topological polar surface area (TPSA) is 0 Å². The van der Waals surface area contributed by atoms with E-state index in [9.17, 15) is 0 Å². The lowest BCUT2D eigenvalue weighted by Gasteiger charge is -2.15. The molecule has 0 N–H and O–H groups in total. The molecule has 0 saturated carbocycles. The average molecular weight is 541 g/mol. The van der Waals surface area contributed by atoms with Gasteiger partial charge in [-0.05, 0) is 113 Å². The Labute approximate surface area is 244 Å². The van der Waals surface area contributed by atoms with E-state index in [1.807, 2.05) is 12.1 Å². The number of benzene rings is 8. The van der Waals surface area contributed by atoms with Gasteiger partial charge in [-0.1, -0.05) is 127 Å². The van der Waals surface area contributed by atoms with Gasteiger partial charge in [-0.2, -0.15) is 0 Å². The SMILES string of the molecule is Clc1ccc(-c2cc(-c3ccc4c5ccccc5c5ccccc5c4c3)cc(-c3cccc4ccccc34)c2)cc1. The van der Waals surface area contributed by atoms with Crippen molar-refractivity contribution in [1.82, 2.24) is 0 Å². The van der Waals surface area contributed by atoms with Crippen LogP contribution in [0.3, 0.4) is 0 Å². The lowest BCUT2D eigenvalue weighted by atomic mass is 9.89.